The van der Waals surface area contributed by atoms with E-state index in [1.54, 1.807) is 0 Å². The van der Waals surface area contributed by atoms with Crippen LogP contribution in [0, 0.1) is 6.92 Å². The van der Waals surface area contributed by atoms with Gasteiger partial charge in [-0.15, -0.1) is 0 Å². The van der Waals surface area contributed by atoms with Gasteiger partial charge in [-0.2, -0.15) is 0 Å². The molecule has 1 saturated heterocycles. The van der Waals surface area contributed by atoms with Gasteiger partial charge in [-0.25, -0.2) is 0 Å². The summed E-state index contributed by atoms with van der Waals surface area (Å²) in [6.07, 6.45) is 2.65. The van der Waals surface area contributed by atoms with Gasteiger partial charge in [-0.1, -0.05) is 0 Å². The average molecular weight is 277 g/mol. The summed E-state index contributed by atoms with van der Waals surface area (Å²) in [6.45, 7) is 9.72. The molecule has 1 aliphatic carbocycles. The Balaban J connectivity index is 1.57. The summed E-state index contributed by atoms with van der Waals surface area (Å²) in [5.41, 5.74) is 1.29. The number of aryl methyl sites for hydroxylation is 1. The third-order valence-electron chi connectivity index (χ3n) is 4.53. The Morgan fingerprint density at radius 3 is 2.85 bits per heavy atom. The molecule has 0 spiro atoms. The number of likely N-dealkylation sites (N-methyl/N-ethyl adjacent to an activating group) is 1. The summed E-state index contributed by atoms with van der Waals surface area (Å²) >= 11 is 0. The molecule has 1 N–H and O–H groups in total. The quantitative estimate of drug-likeness (QED) is 0.892. The average Bonchev–Trinajstić information content (AvgIpc) is 3.15. The summed E-state index contributed by atoms with van der Waals surface area (Å²) in [6, 6.07) is 3.56. The fourth-order valence-electron chi connectivity index (χ4n) is 2.98. The smallest absolute Gasteiger partial charge is 0.120 e. The molecular weight excluding hydrogens is 250 g/mol. The van der Waals surface area contributed by atoms with Crippen LogP contribution in [-0.2, 0) is 13.1 Å². The van der Waals surface area contributed by atoms with Crippen molar-refractivity contribution < 1.29 is 4.42 Å². The monoisotopic (exact) mass is 277 g/mol. The number of nitrogens with zero attached hydrogens (tertiary/aromatic N) is 2. The molecule has 1 aromatic heterocycles. The Bertz CT molecular complexity index is 453. The van der Waals surface area contributed by atoms with E-state index >= 15 is 0 Å². The molecule has 1 aromatic rings. The highest BCUT2D eigenvalue weighted by Gasteiger charge is 2.24. The first-order valence-electron chi connectivity index (χ1n) is 7.86. The number of nitrogens with one attached hydrogen (secondary N) is 1. The van der Waals surface area contributed by atoms with Crippen molar-refractivity contribution in [2.75, 3.05) is 26.7 Å². The predicted octanol–water partition coefficient (Wildman–Crippen LogP) is 1.98. The molecule has 0 radical (unpaired) electrons. The molecule has 2 aliphatic rings. The van der Waals surface area contributed by atoms with Gasteiger partial charge < -0.3 is 14.6 Å². The highest BCUT2D eigenvalue weighted by atomic mass is 16.3. The third-order valence-corrected chi connectivity index (χ3v) is 4.53. The van der Waals surface area contributed by atoms with Crippen molar-refractivity contribution in [1.29, 1.82) is 0 Å². The molecule has 112 valence electrons. The van der Waals surface area contributed by atoms with Crippen LogP contribution in [0.4, 0.5) is 0 Å². The molecule has 4 heteroatoms. The van der Waals surface area contributed by atoms with Crippen LogP contribution >= 0.6 is 0 Å². The van der Waals surface area contributed by atoms with Crippen molar-refractivity contribution in [3.05, 3.63) is 23.2 Å². The predicted molar refractivity (Wildman–Crippen MR) is 80.7 cm³/mol. The highest BCUT2D eigenvalue weighted by molar-refractivity contribution is 5.20. The van der Waals surface area contributed by atoms with E-state index in [2.05, 4.69) is 42.1 Å². The Kier molecular flexibility index (Phi) is 4.15. The van der Waals surface area contributed by atoms with Crippen LogP contribution in [0.1, 0.15) is 36.8 Å². The van der Waals surface area contributed by atoms with Gasteiger partial charge in [0.05, 0.1) is 13.1 Å². The van der Waals surface area contributed by atoms with Crippen LogP contribution in [0.15, 0.2) is 10.5 Å². The first kappa shape index (κ1) is 14.1. The minimum absolute atomic E-state index is 0.604. The highest BCUT2D eigenvalue weighted by Crippen LogP contribution is 2.22. The summed E-state index contributed by atoms with van der Waals surface area (Å²) in [5, 5.41) is 3.53. The lowest BCUT2D eigenvalue weighted by atomic mass is 10.2. The fraction of sp³-hybridized carbons (Fsp3) is 0.750. The summed E-state index contributed by atoms with van der Waals surface area (Å²) in [7, 11) is 2.20. The van der Waals surface area contributed by atoms with Crippen molar-refractivity contribution in [1.82, 2.24) is 15.1 Å². The normalized spacial score (nSPS) is 25.2. The first-order chi connectivity index (χ1) is 9.61. The van der Waals surface area contributed by atoms with Crippen LogP contribution < -0.4 is 5.32 Å². The lowest BCUT2D eigenvalue weighted by Gasteiger charge is -2.37. The molecule has 1 saturated carbocycles. The third kappa shape index (κ3) is 3.43. The largest absolute Gasteiger partial charge is 0.463 e. The molecule has 3 rings (SSSR count). The second-order valence-electron chi connectivity index (χ2n) is 6.56. The van der Waals surface area contributed by atoms with E-state index in [-0.39, 0.29) is 0 Å². The first-order valence-corrected chi connectivity index (χ1v) is 7.86. The Morgan fingerprint density at radius 2 is 2.15 bits per heavy atom. The SMILES string of the molecule is Cc1cc(CN2CCN(C)CC2C)oc1CNC1CC1. The topological polar surface area (TPSA) is 31.6 Å². The van der Waals surface area contributed by atoms with E-state index in [1.807, 2.05) is 0 Å². The van der Waals surface area contributed by atoms with Crippen LogP contribution in [-0.4, -0.2) is 48.6 Å². The van der Waals surface area contributed by atoms with Crippen molar-refractivity contribution in [3.63, 3.8) is 0 Å². The molecule has 2 fully saturated rings. The van der Waals surface area contributed by atoms with E-state index < -0.39 is 0 Å². The van der Waals surface area contributed by atoms with Crippen molar-refractivity contribution in [2.45, 2.75) is 51.9 Å². The van der Waals surface area contributed by atoms with E-state index in [0.29, 0.717) is 6.04 Å². The maximum atomic E-state index is 6.05. The Labute approximate surface area is 122 Å². The van der Waals surface area contributed by atoms with Crippen LogP contribution in [0.5, 0.6) is 0 Å². The van der Waals surface area contributed by atoms with Gasteiger partial charge >= 0.3 is 0 Å². The molecule has 0 aromatic carbocycles. The molecule has 1 aliphatic heterocycles. The molecular formula is C16H27N3O. The number of rotatable bonds is 5. The second-order valence-corrected chi connectivity index (χ2v) is 6.56. The van der Waals surface area contributed by atoms with Crippen molar-refractivity contribution >= 4 is 0 Å². The minimum atomic E-state index is 0.604. The molecule has 1 atom stereocenters. The zero-order valence-electron chi connectivity index (χ0n) is 13.0. The number of hydrogen-bond acceptors (Lipinski definition) is 4. The lowest BCUT2D eigenvalue weighted by Crippen LogP contribution is -2.49. The van der Waals surface area contributed by atoms with E-state index in [0.717, 1.165) is 50.3 Å². The van der Waals surface area contributed by atoms with Gasteiger partial charge in [-0.3, -0.25) is 4.90 Å². The lowest BCUT2D eigenvalue weighted by molar-refractivity contribution is 0.0871. The molecule has 20 heavy (non-hydrogen) atoms. The van der Waals surface area contributed by atoms with Gasteiger partial charge in [0.2, 0.25) is 0 Å². The summed E-state index contributed by atoms with van der Waals surface area (Å²) < 4.78 is 6.05. The Morgan fingerprint density at radius 1 is 1.35 bits per heavy atom. The van der Waals surface area contributed by atoms with Gasteiger partial charge in [-0.05, 0) is 45.4 Å². The zero-order chi connectivity index (χ0) is 14.1. The number of hydrogen-bond donors (Lipinski definition) is 1. The summed E-state index contributed by atoms with van der Waals surface area (Å²) in [4.78, 5) is 4.93. The van der Waals surface area contributed by atoms with Gasteiger partial charge in [0.15, 0.2) is 0 Å². The van der Waals surface area contributed by atoms with Crippen LogP contribution in [0.25, 0.3) is 0 Å². The molecule has 0 amide bonds. The fourth-order valence-corrected chi connectivity index (χ4v) is 2.98. The standard InChI is InChI=1S/C16H27N3O/c1-12-8-15(20-16(12)9-17-14-4-5-14)11-19-7-6-18(3)10-13(19)2/h8,13-14,17H,4-7,9-11H2,1-3H3. The van der Waals surface area contributed by atoms with E-state index in [4.69, 9.17) is 4.42 Å². The molecule has 0 bridgehead atoms. The van der Waals surface area contributed by atoms with Crippen molar-refractivity contribution in [2.24, 2.45) is 0 Å². The second kappa shape index (κ2) is 5.88. The number of furan rings is 1. The molecule has 2 heterocycles. The maximum absolute atomic E-state index is 6.05. The minimum Gasteiger partial charge on any atom is -0.463 e. The van der Waals surface area contributed by atoms with Crippen molar-refractivity contribution in [3.8, 4) is 0 Å². The van der Waals surface area contributed by atoms with Gasteiger partial charge in [0, 0.05) is 31.7 Å². The van der Waals surface area contributed by atoms with Gasteiger partial charge in [0.1, 0.15) is 11.5 Å². The van der Waals surface area contributed by atoms with Crippen LogP contribution in [0.3, 0.4) is 0 Å². The molecule has 4 nitrogen and oxygen atoms in total. The zero-order valence-corrected chi connectivity index (χ0v) is 13.0. The molecule has 1 unspecified atom stereocenters. The van der Waals surface area contributed by atoms with E-state index in [1.165, 1.54) is 18.4 Å². The van der Waals surface area contributed by atoms with Crippen LogP contribution in [0.2, 0.25) is 0 Å². The number of piperazine rings is 1. The van der Waals surface area contributed by atoms with Gasteiger partial charge in [0.25, 0.3) is 0 Å². The Hall–Kier alpha value is -0.840. The summed E-state index contributed by atoms with van der Waals surface area (Å²) in [5.74, 6) is 2.24. The van der Waals surface area contributed by atoms with E-state index in [9.17, 15) is 0 Å². The maximum Gasteiger partial charge on any atom is 0.120 e.